The summed E-state index contributed by atoms with van der Waals surface area (Å²) in [6, 6.07) is 0. The van der Waals surface area contributed by atoms with Crippen LogP contribution in [0.25, 0.3) is 0 Å². The first-order valence-electron chi connectivity index (χ1n) is 14.5. The number of ether oxygens (including phenoxy) is 4. The second kappa shape index (κ2) is 24.9. The summed E-state index contributed by atoms with van der Waals surface area (Å²) >= 11 is 0. The minimum Gasteiger partial charge on any atom is -0.480 e. The van der Waals surface area contributed by atoms with Crippen LogP contribution in [0.15, 0.2) is 0 Å². The maximum absolute atomic E-state index is 12.6. The van der Waals surface area contributed by atoms with E-state index in [1.807, 2.05) is 4.90 Å². The number of amides is 1. The number of hydrogen-bond donors (Lipinski definition) is 5. The predicted molar refractivity (Wildman–Crippen MR) is 154 cm³/mol. The zero-order valence-electron chi connectivity index (χ0n) is 25.0. The maximum atomic E-state index is 12.6. The minimum atomic E-state index is -1.01. The first-order chi connectivity index (χ1) is 20.7. The molecule has 1 heterocycles. The fraction of sp³-hybridized carbons (Fsp3) is 0.846. The molecule has 0 saturated carbocycles. The van der Waals surface area contributed by atoms with E-state index in [4.69, 9.17) is 24.7 Å². The highest BCUT2D eigenvalue weighted by Crippen LogP contribution is 2.01. The number of carboxylic acids is 3. The molecule has 6 N–H and O–H groups in total. The smallest absolute Gasteiger partial charge is 0.317 e. The van der Waals surface area contributed by atoms with Crippen molar-refractivity contribution in [3.63, 3.8) is 0 Å². The number of rotatable bonds is 22. The summed E-state index contributed by atoms with van der Waals surface area (Å²) < 4.78 is 21.5. The number of carbonyl (C=O) groups excluding carboxylic acids is 1. The monoisotopic (exact) mass is 622 g/mol. The van der Waals surface area contributed by atoms with E-state index < -0.39 is 17.9 Å². The van der Waals surface area contributed by atoms with Crippen LogP contribution in [0.2, 0.25) is 0 Å². The molecule has 0 atom stereocenters. The Morgan fingerprint density at radius 1 is 0.512 bits per heavy atom. The van der Waals surface area contributed by atoms with Crippen LogP contribution in [0, 0.1) is 0 Å². The maximum Gasteiger partial charge on any atom is 0.317 e. The van der Waals surface area contributed by atoms with E-state index in [-0.39, 0.29) is 32.1 Å². The number of nitrogens with zero attached hydrogens (tertiary/aromatic N) is 4. The van der Waals surface area contributed by atoms with Crippen LogP contribution in [-0.4, -0.2) is 203 Å². The van der Waals surface area contributed by atoms with Crippen LogP contribution in [-0.2, 0) is 38.1 Å². The molecule has 1 aliphatic rings. The number of aliphatic carboxylic acids is 3. The van der Waals surface area contributed by atoms with Crippen molar-refractivity contribution in [1.29, 1.82) is 0 Å². The van der Waals surface area contributed by atoms with Gasteiger partial charge in [-0.25, -0.2) is 0 Å². The highest BCUT2D eigenvalue weighted by molar-refractivity contribution is 5.78. The van der Waals surface area contributed by atoms with Gasteiger partial charge in [0.25, 0.3) is 0 Å². The molecule has 0 radical (unpaired) electrons. The number of nitrogens with two attached hydrogens (primary N) is 1. The van der Waals surface area contributed by atoms with Crippen LogP contribution in [0.1, 0.15) is 0 Å². The van der Waals surface area contributed by atoms with E-state index in [0.717, 1.165) is 0 Å². The zero-order valence-corrected chi connectivity index (χ0v) is 25.0. The van der Waals surface area contributed by atoms with Gasteiger partial charge in [0, 0.05) is 65.4 Å². The Hall–Kier alpha value is -2.48. The Morgan fingerprint density at radius 3 is 1.14 bits per heavy atom. The third-order valence-electron chi connectivity index (χ3n) is 6.32. The lowest BCUT2D eigenvalue weighted by Gasteiger charge is -2.32. The minimum absolute atomic E-state index is 0.0489. The summed E-state index contributed by atoms with van der Waals surface area (Å²) in [5.74, 6) is -3.25. The summed E-state index contributed by atoms with van der Waals surface area (Å²) in [5.41, 5.74) is 5.33. The Balaban J connectivity index is 2.45. The van der Waals surface area contributed by atoms with Crippen LogP contribution in [0.5, 0.6) is 0 Å². The molecular weight excluding hydrogens is 572 g/mol. The Kier molecular flexibility index (Phi) is 22.3. The van der Waals surface area contributed by atoms with E-state index in [1.165, 1.54) is 0 Å². The molecular formula is C26H50N6O11. The molecule has 17 nitrogen and oxygen atoms in total. The summed E-state index contributed by atoms with van der Waals surface area (Å²) in [5, 5.41) is 30.7. The van der Waals surface area contributed by atoms with Gasteiger partial charge in [-0.2, -0.15) is 0 Å². The molecule has 0 aliphatic carbocycles. The molecule has 0 aromatic heterocycles. The van der Waals surface area contributed by atoms with Crippen LogP contribution in [0.4, 0.5) is 0 Å². The summed E-state index contributed by atoms with van der Waals surface area (Å²) in [6.07, 6.45) is 0. The third kappa shape index (κ3) is 22.7. The van der Waals surface area contributed by atoms with E-state index in [9.17, 15) is 34.5 Å². The number of carbonyl (C=O) groups is 4. The lowest BCUT2D eigenvalue weighted by Crippen LogP contribution is -2.50. The van der Waals surface area contributed by atoms with Gasteiger partial charge in [0.05, 0.1) is 79.0 Å². The highest BCUT2D eigenvalue weighted by Gasteiger charge is 2.21. The van der Waals surface area contributed by atoms with Gasteiger partial charge in [-0.15, -0.1) is 0 Å². The molecule has 0 aromatic carbocycles. The molecule has 1 rings (SSSR count). The standard InChI is InChI=1S/C26H50N6O11/c27-1-11-40-13-15-42-17-18-43-16-14-41-12-2-28-23(33)19-29-3-5-30(20-24(34)35)7-9-32(22-26(38)39)10-8-31(6-4-29)21-25(36)37/h1-22,27H2,(H,28,33)(H,34,35)(H,36,37)(H,38,39). The molecule has 0 aromatic rings. The first-order valence-corrected chi connectivity index (χ1v) is 14.5. The first kappa shape index (κ1) is 38.5. The second-order valence-electron chi connectivity index (χ2n) is 9.87. The SMILES string of the molecule is NCCOCCOCCOCCOCCNC(=O)CN1CCN(CC(=O)O)CCN(CC(=O)O)CCN(CC(=O)O)CC1. The highest BCUT2D eigenvalue weighted by atomic mass is 16.6. The number of hydrogen-bond acceptors (Lipinski definition) is 13. The fourth-order valence-electron chi connectivity index (χ4n) is 4.15. The van der Waals surface area contributed by atoms with Crippen molar-refractivity contribution in [1.82, 2.24) is 24.9 Å². The summed E-state index contributed by atoms with van der Waals surface area (Å²) in [4.78, 5) is 53.7. The van der Waals surface area contributed by atoms with Gasteiger partial charge < -0.3 is 45.3 Å². The molecule has 1 amide bonds. The lowest BCUT2D eigenvalue weighted by atomic mass is 10.3. The van der Waals surface area contributed by atoms with Gasteiger partial charge in [-0.1, -0.05) is 0 Å². The molecule has 17 heteroatoms. The van der Waals surface area contributed by atoms with Crippen LogP contribution < -0.4 is 11.1 Å². The molecule has 1 fully saturated rings. The zero-order chi connectivity index (χ0) is 31.7. The van der Waals surface area contributed by atoms with Crippen LogP contribution in [0.3, 0.4) is 0 Å². The number of nitrogens with one attached hydrogen (secondary N) is 1. The van der Waals surface area contributed by atoms with Crippen molar-refractivity contribution in [3.8, 4) is 0 Å². The van der Waals surface area contributed by atoms with Gasteiger partial charge in [-0.05, 0) is 0 Å². The van der Waals surface area contributed by atoms with E-state index >= 15 is 0 Å². The lowest BCUT2D eigenvalue weighted by molar-refractivity contribution is -0.140. The van der Waals surface area contributed by atoms with Crippen molar-refractivity contribution >= 4 is 23.8 Å². The van der Waals surface area contributed by atoms with Crippen LogP contribution >= 0.6 is 0 Å². The topological polar surface area (TPSA) is 217 Å². The molecule has 0 unspecified atom stereocenters. The van der Waals surface area contributed by atoms with Crippen molar-refractivity contribution in [2.75, 3.05) is 144 Å². The molecule has 250 valence electrons. The second-order valence-corrected chi connectivity index (χ2v) is 9.87. The Labute approximate surface area is 252 Å². The van der Waals surface area contributed by atoms with Gasteiger partial charge in [0.1, 0.15) is 0 Å². The average molecular weight is 623 g/mol. The Morgan fingerprint density at radius 2 is 0.814 bits per heavy atom. The van der Waals surface area contributed by atoms with Gasteiger partial charge >= 0.3 is 17.9 Å². The van der Waals surface area contributed by atoms with E-state index in [1.54, 1.807) is 14.7 Å². The summed E-state index contributed by atoms with van der Waals surface area (Å²) in [7, 11) is 0. The Bertz CT molecular complexity index is 763. The predicted octanol–water partition coefficient (Wildman–Crippen LogP) is -3.40. The van der Waals surface area contributed by atoms with E-state index in [2.05, 4.69) is 5.32 Å². The number of carboxylic acid groups (broad SMARTS) is 3. The third-order valence-corrected chi connectivity index (χ3v) is 6.32. The van der Waals surface area contributed by atoms with Gasteiger partial charge in [-0.3, -0.25) is 38.8 Å². The van der Waals surface area contributed by atoms with Crippen molar-refractivity contribution in [2.24, 2.45) is 5.73 Å². The van der Waals surface area contributed by atoms with Crippen molar-refractivity contribution < 1.29 is 53.4 Å². The largest absolute Gasteiger partial charge is 0.480 e. The van der Waals surface area contributed by atoms with Crippen molar-refractivity contribution in [2.45, 2.75) is 0 Å². The van der Waals surface area contributed by atoms with Gasteiger partial charge in [0.15, 0.2) is 0 Å². The molecule has 43 heavy (non-hydrogen) atoms. The average Bonchev–Trinajstić information content (AvgIpc) is 2.93. The fourth-order valence-corrected chi connectivity index (χ4v) is 4.15. The van der Waals surface area contributed by atoms with Crippen molar-refractivity contribution in [3.05, 3.63) is 0 Å². The van der Waals surface area contributed by atoms with Gasteiger partial charge in [0.2, 0.25) is 5.91 Å². The molecule has 0 spiro atoms. The normalized spacial score (nSPS) is 16.8. The summed E-state index contributed by atoms with van der Waals surface area (Å²) in [6.45, 7) is 6.27. The molecule has 0 bridgehead atoms. The van der Waals surface area contributed by atoms with E-state index in [0.29, 0.717) is 118 Å². The molecule has 1 saturated heterocycles. The quantitative estimate of drug-likeness (QED) is 0.0744. The molecule has 1 aliphatic heterocycles.